The van der Waals surface area contributed by atoms with Gasteiger partial charge in [-0.1, -0.05) is 36.4 Å². The van der Waals surface area contributed by atoms with Crippen molar-refractivity contribution >= 4 is 23.1 Å². The lowest BCUT2D eigenvalue weighted by atomic mass is 10.1. The summed E-state index contributed by atoms with van der Waals surface area (Å²) in [7, 11) is 0. The van der Waals surface area contributed by atoms with E-state index < -0.39 is 0 Å². The van der Waals surface area contributed by atoms with E-state index in [1.54, 1.807) is 6.20 Å². The van der Waals surface area contributed by atoms with E-state index in [0.717, 1.165) is 56.6 Å². The molecule has 0 radical (unpaired) electrons. The maximum absolute atomic E-state index is 13.3. The van der Waals surface area contributed by atoms with Gasteiger partial charge in [-0.2, -0.15) is 0 Å². The minimum Gasteiger partial charge on any atom is -0.334 e. The molecular weight excluding hydrogens is 462 g/mol. The number of carbonyl (C=O) groups is 2. The molecule has 188 valence electrons. The lowest BCUT2D eigenvalue weighted by molar-refractivity contribution is 0.0708. The molecule has 0 saturated carbocycles. The summed E-state index contributed by atoms with van der Waals surface area (Å²) in [4.78, 5) is 40.3. The Kier molecular flexibility index (Phi) is 6.53. The van der Waals surface area contributed by atoms with Crippen molar-refractivity contribution in [3.63, 3.8) is 0 Å². The third-order valence-corrected chi connectivity index (χ3v) is 7.46. The predicted octanol–water partition coefficient (Wildman–Crippen LogP) is 4.88. The first kappa shape index (κ1) is 23.6. The second-order valence-electron chi connectivity index (χ2n) is 10.1. The molecule has 3 heterocycles. The normalized spacial score (nSPS) is 19.1. The summed E-state index contributed by atoms with van der Waals surface area (Å²) in [6, 6.07) is 17.2. The molecule has 7 heteroatoms. The van der Waals surface area contributed by atoms with Crippen LogP contribution in [-0.4, -0.2) is 63.8 Å². The van der Waals surface area contributed by atoms with Crippen molar-refractivity contribution in [2.45, 2.75) is 38.1 Å². The molecule has 1 aromatic heterocycles. The van der Waals surface area contributed by atoms with Gasteiger partial charge in [0.2, 0.25) is 0 Å². The summed E-state index contributed by atoms with van der Waals surface area (Å²) >= 11 is 0. The van der Waals surface area contributed by atoms with E-state index in [2.05, 4.69) is 20.1 Å². The average molecular weight is 494 g/mol. The fourth-order valence-corrected chi connectivity index (χ4v) is 5.38. The number of benzene rings is 2. The zero-order chi connectivity index (χ0) is 25.2. The van der Waals surface area contributed by atoms with Crippen LogP contribution in [0.15, 0.2) is 66.9 Å². The molecule has 3 aliphatic rings. The standard InChI is InChI=1S/C30H31N5O2/c36-29(32-24-7-2-1-3-8-24)28-27(22-12-13-22)31-19-26(33-28)21-10-14-23(15-11-21)30(37)35-18-6-9-25(35)20-34-16-4-5-17-34/h1-3,7-8,10-12,14-15,19,25H,4-6,9,13,16-18,20H2,(H,32,36)/t25-/m1/s1. The SMILES string of the molecule is O=C(Nc1ccccc1)c1nc(-c2ccc(C(=O)N3CCC[C@@H]3CN3CCCC3)cc2)cnc1C1=CC1. The Balaban J connectivity index is 1.20. The third kappa shape index (κ3) is 5.18. The molecule has 2 aliphatic heterocycles. The number of nitrogens with one attached hydrogen (secondary N) is 1. The Labute approximate surface area is 217 Å². The second kappa shape index (κ2) is 10.3. The van der Waals surface area contributed by atoms with Crippen LogP contribution in [0.4, 0.5) is 5.69 Å². The summed E-state index contributed by atoms with van der Waals surface area (Å²) in [5.74, 6) is -0.188. The van der Waals surface area contributed by atoms with E-state index in [-0.39, 0.29) is 11.8 Å². The minimum absolute atomic E-state index is 0.0956. The predicted molar refractivity (Wildman–Crippen MR) is 144 cm³/mol. The fourth-order valence-electron chi connectivity index (χ4n) is 5.38. The summed E-state index contributed by atoms with van der Waals surface area (Å²) in [5.41, 5.74) is 4.80. The minimum atomic E-state index is -0.284. The number of aromatic nitrogens is 2. The number of allylic oxidation sites excluding steroid dienone is 2. The summed E-state index contributed by atoms with van der Waals surface area (Å²) in [6.45, 7) is 4.10. The number of amides is 2. The van der Waals surface area contributed by atoms with Gasteiger partial charge >= 0.3 is 0 Å². The molecule has 7 nitrogen and oxygen atoms in total. The molecule has 2 amide bonds. The Morgan fingerprint density at radius 3 is 2.43 bits per heavy atom. The second-order valence-corrected chi connectivity index (χ2v) is 10.1. The number of para-hydroxylation sites is 1. The zero-order valence-corrected chi connectivity index (χ0v) is 20.9. The molecule has 2 fully saturated rings. The van der Waals surface area contributed by atoms with Gasteiger partial charge in [0, 0.05) is 35.9 Å². The van der Waals surface area contributed by atoms with E-state index in [1.165, 1.54) is 12.8 Å². The highest BCUT2D eigenvalue weighted by Crippen LogP contribution is 2.32. The molecule has 3 aromatic rings. The van der Waals surface area contributed by atoms with E-state index in [1.807, 2.05) is 60.7 Å². The summed E-state index contributed by atoms with van der Waals surface area (Å²) in [6.07, 6.45) is 9.24. The highest BCUT2D eigenvalue weighted by Gasteiger charge is 2.31. The summed E-state index contributed by atoms with van der Waals surface area (Å²) in [5, 5.41) is 2.92. The molecule has 1 N–H and O–H groups in total. The van der Waals surface area contributed by atoms with Gasteiger partial charge in [-0.3, -0.25) is 14.6 Å². The van der Waals surface area contributed by atoms with Crippen molar-refractivity contribution < 1.29 is 9.59 Å². The van der Waals surface area contributed by atoms with Crippen LogP contribution in [0.1, 0.15) is 58.6 Å². The Bertz CT molecular complexity index is 1330. The first-order valence-electron chi connectivity index (χ1n) is 13.2. The topological polar surface area (TPSA) is 78.4 Å². The van der Waals surface area contributed by atoms with Gasteiger partial charge in [0.05, 0.1) is 17.6 Å². The maximum atomic E-state index is 13.3. The van der Waals surface area contributed by atoms with Gasteiger partial charge in [-0.05, 0) is 75.0 Å². The molecule has 0 bridgehead atoms. The smallest absolute Gasteiger partial charge is 0.276 e. The van der Waals surface area contributed by atoms with Crippen LogP contribution < -0.4 is 5.32 Å². The van der Waals surface area contributed by atoms with Crippen molar-refractivity contribution in [3.05, 3.63) is 83.8 Å². The Hall–Kier alpha value is -3.84. The van der Waals surface area contributed by atoms with E-state index in [0.29, 0.717) is 34.4 Å². The third-order valence-electron chi connectivity index (χ3n) is 7.46. The van der Waals surface area contributed by atoms with Crippen LogP contribution in [0.5, 0.6) is 0 Å². The highest BCUT2D eigenvalue weighted by molar-refractivity contribution is 6.06. The molecule has 2 aromatic carbocycles. The molecule has 0 spiro atoms. The number of hydrogen-bond donors (Lipinski definition) is 1. The first-order valence-corrected chi connectivity index (χ1v) is 13.2. The van der Waals surface area contributed by atoms with Crippen LogP contribution in [0, 0.1) is 0 Å². The van der Waals surface area contributed by atoms with E-state index >= 15 is 0 Å². The van der Waals surface area contributed by atoms with Crippen LogP contribution in [0.2, 0.25) is 0 Å². The van der Waals surface area contributed by atoms with Gasteiger partial charge in [0.25, 0.3) is 11.8 Å². The van der Waals surface area contributed by atoms with Gasteiger partial charge in [-0.25, -0.2) is 4.98 Å². The molecule has 0 unspecified atom stereocenters. The Morgan fingerprint density at radius 2 is 1.70 bits per heavy atom. The highest BCUT2D eigenvalue weighted by atomic mass is 16.2. The lowest BCUT2D eigenvalue weighted by Crippen LogP contribution is -2.42. The van der Waals surface area contributed by atoms with Gasteiger partial charge < -0.3 is 15.1 Å². The first-order chi connectivity index (χ1) is 18.2. The van der Waals surface area contributed by atoms with E-state index in [9.17, 15) is 9.59 Å². The lowest BCUT2D eigenvalue weighted by Gasteiger charge is -2.28. The monoisotopic (exact) mass is 493 g/mol. The molecular formula is C30H31N5O2. The van der Waals surface area contributed by atoms with Crippen LogP contribution in [0.3, 0.4) is 0 Å². The van der Waals surface area contributed by atoms with E-state index in [4.69, 9.17) is 4.98 Å². The van der Waals surface area contributed by atoms with Crippen molar-refractivity contribution in [3.8, 4) is 11.3 Å². The van der Waals surface area contributed by atoms with Crippen molar-refractivity contribution in [1.82, 2.24) is 19.8 Å². The molecule has 1 aliphatic carbocycles. The number of carbonyl (C=O) groups excluding carboxylic acids is 2. The number of rotatable bonds is 7. The molecule has 2 saturated heterocycles. The van der Waals surface area contributed by atoms with Crippen LogP contribution in [0.25, 0.3) is 16.8 Å². The number of hydrogen-bond acceptors (Lipinski definition) is 5. The quantitative estimate of drug-likeness (QED) is 0.507. The maximum Gasteiger partial charge on any atom is 0.276 e. The summed E-state index contributed by atoms with van der Waals surface area (Å²) < 4.78 is 0. The zero-order valence-electron chi connectivity index (χ0n) is 20.9. The average Bonchev–Trinajstić information content (AvgIpc) is 3.46. The largest absolute Gasteiger partial charge is 0.334 e. The van der Waals surface area contributed by atoms with Gasteiger partial charge in [0.15, 0.2) is 5.69 Å². The van der Waals surface area contributed by atoms with Gasteiger partial charge in [0.1, 0.15) is 0 Å². The van der Waals surface area contributed by atoms with Crippen molar-refractivity contribution in [2.75, 3.05) is 31.5 Å². The van der Waals surface area contributed by atoms with Crippen molar-refractivity contribution in [1.29, 1.82) is 0 Å². The molecule has 6 rings (SSSR count). The molecule has 37 heavy (non-hydrogen) atoms. The molecule has 1 atom stereocenters. The van der Waals surface area contributed by atoms with Crippen molar-refractivity contribution in [2.24, 2.45) is 0 Å². The number of nitrogens with zero attached hydrogens (tertiary/aromatic N) is 4. The van der Waals surface area contributed by atoms with Crippen LogP contribution >= 0.6 is 0 Å². The number of anilines is 1. The fraction of sp³-hybridized carbons (Fsp3) is 0.333. The number of likely N-dealkylation sites (tertiary alicyclic amines) is 2. The van der Waals surface area contributed by atoms with Gasteiger partial charge in [-0.15, -0.1) is 0 Å². The van der Waals surface area contributed by atoms with Crippen LogP contribution in [-0.2, 0) is 0 Å². The Morgan fingerprint density at radius 1 is 0.946 bits per heavy atom.